The molecule has 10 heteroatoms. The summed E-state index contributed by atoms with van der Waals surface area (Å²) in [6, 6.07) is 0. The second-order valence-electron chi connectivity index (χ2n) is 6.52. The summed E-state index contributed by atoms with van der Waals surface area (Å²) in [4.78, 5) is 11.4. The lowest BCUT2D eigenvalue weighted by molar-refractivity contribution is -0.339. The fourth-order valence-electron chi connectivity index (χ4n) is 3.62. The summed E-state index contributed by atoms with van der Waals surface area (Å²) in [6.07, 6.45) is -5.21. The van der Waals surface area contributed by atoms with Crippen LogP contribution >= 0.6 is 0 Å². The summed E-state index contributed by atoms with van der Waals surface area (Å²) in [5.74, 6) is -2.22. The van der Waals surface area contributed by atoms with E-state index < -0.39 is 61.4 Å². The van der Waals surface area contributed by atoms with Crippen LogP contribution in [0.3, 0.4) is 0 Å². The molecule has 10 nitrogen and oxygen atoms in total. The summed E-state index contributed by atoms with van der Waals surface area (Å²) in [5, 5.41) is 57.8. The molecular weight excluding hydrogens is 352 g/mol. The van der Waals surface area contributed by atoms with E-state index in [1.807, 2.05) is 0 Å². The Morgan fingerprint density at radius 3 is 2.50 bits per heavy atom. The second-order valence-corrected chi connectivity index (χ2v) is 6.52. The number of carboxylic acid groups (broad SMARTS) is 1. The molecule has 0 unspecified atom stereocenters. The highest BCUT2D eigenvalue weighted by molar-refractivity contribution is 5.87. The smallest absolute Gasteiger partial charge is 0.335 e. The third-order valence-corrected chi connectivity index (χ3v) is 5.06. The number of hydrogen-bond acceptors (Lipinski definition) is 9. The molecule has 0 amide bonds. The van der Waals surface area contributed by atoms with Gasteiger partial charge in [0, 0.05) is 5.92 Å². The number of carbonyl (C=O) groups is 1. The number of hydrogen-bond donors (Lipinski definition) is 6. The van der Waals surface area contributed by atoms with Crippen molar-refractivity contribution in [2.75, 3.05) is 13.2 Å². The number of allylic oxidation sites excluding steroid dienone is 1. The lowest BCUT2D eigenvalue weighted by atomic mass is 9.83. The van der Waals surface area contributed by atoms with Crippen molar-refractivity contribution in [3.05, 3.63) is 23.5 Å². The molecule has 2 heterocycles. The van der Waals surface area contributed by atoms with Gasteiger partial charge in [0.1, 0.15) is 24.4 Å². The van der Waals surface area contributed by atoms with E-state index in [0.29, 0.717) is 12.0 Å². The highest BCUT2D eigenvalue weighted by atomic mass is 16.8. The van der Waals surface area contributed by atoms with E-state index in [-0.39, 0.29) is 12.2 Å². The SMILES string of the molecule is O=C(O)C1=CO[C@H](O[C@H]2O[C@H](CO)[C@@H](O)[C@H](O)[C@H]2O)[C@@H]2C(CO)=CC[C@@H]12. The maximum Gasteiger partial charge on any atom is 0.335 e. The Morgan fingerprint density at radius 1 is 1.15 bits per heavy atom. The van der Waals surface area contributed by atoms with Gasteiger partial charge in [0.2, 0.25) is 6.29 Å². The molecule has 146 valence electrons. The zero-order chi connectivity index (χ0) is 19.0. The summed E-state index contributed by atoms with van der Waals surface area (Å²) in [5.41, 5.74) is 0.583. The van der Waals surface area contributed by atoms with Crippen molar-refractivity contribution >= 4 is 5.97 Å². The zero-order valence-corrected chi connectivity index (χ0v) is 13.7. The van der Waals surface area contributed by atoms with Crippen LogP contribution in [-0.2, 0) is 19.0 Å². The van der Waals surface area contributed by atoms with Gasteiger partial charge in [-0.25, -0.2) is 4.79 Å². The maximum atomic E-state index is 11.4. The van der Waals surface area contributed by atoms with E-state index in [1.165, 1.54) is 0 Å². The van der Waals surface area contributed by atoms with Crippen LogP contribution in [0.5, 0.6) is 0 Å². The Hall–Kier alpha value is -1.53. The van der Waals surface area contributed by atoms with Crippen molar-refractivity contribution in [3.63, 3.8) is 0 Å². The summed E-state index contributed by atoms with van der Waals surface area (Å²) >= 11 is 0. The number of aliphatic carboxylic acids is 1. The number of ether oxygens (including phenoxy) is 3. The zero-order valence-electron chi connectivity index (χ0n) is 13.7. The first-order valence-electron chi connectivity index (χ1n) is 8.23. The van der Waals surface area contributed by atoms with E-state index in [1.54, 1.807) is 6.08 Å². The Labute approximate surface area is 148 Å². The molecule has 0 aromatic carbocycles. The summed E-state index contributed by atoms with van der Waals surface area (Å²) < 4.78 is 16.3. The highest BCUT2D eigenvalue weighted by Crippen LogP contribution is 2.44. The Morgan fingerprint density at radius 2 is 1.88 bits per heavy atom. The minimum absolute atomic E-state index is 0.0448. The van der Waals surface area contributed by atoms with Crippen LogP contribution in [0.15, 0.2) is 23.5 Å². The van der Waals surface area contributed by atoms with Crippen molar-refractivity contribution in [3.8, 4) is 0 Å². The molecule has 0 spiro atoms. The fourth-order valence-corrected chi connectivity index (χ4v) is 3.62. The van der Waals surface area contributed by atoms with Crippen molar-refractivity contribution in [1.82, 2.24) is 0 Å². The monoisotopic (exact) mass is 374 g/mol. The van der Waals surface area contributed by atoms with Gasteiger partial charge in [0.15, 0.2) is 6.29 Å². The minimum Gasteiger partial charge on any atom is -0.478 e. The fraction of sp³-hybridized carbons (Fsp3) is 0.688. The van der Waals surface area contributed by atoms with Crippen LogP contribution in [0.2, 0.25) is 0 Å². The lowest BCUT2D eigenvalue weighted by Gasteiger charge is -2.42. The predicted molar refractivity (Wildman–Crippen MR) is 82.2 cm³/mol. The Balaban J connectivity index is 1.80. The molecule has 0 aromatic heterocycles. The number of carboxylic acids is 1. The Bertz CT molecular complexity index is 600. The molecule has 8 atom stereocenters. The molecule has 0 saturated carbocycles. The van der Waals surface area contributed by atoms with Gasteiger partial charge in [-0.3, -0.25) is 0 Å². The normalized spacial score (nSPS) is 42.5. The Kier molecular flexibility index (Phi) is 5.63. The average Bonchev–Trinajstić information content (AvgIpc) is 3.06. The van der Waals surface area contributed by atoms with Crippen molar-refractivity contribution in [2.24, 2.45) is 11.8 Å². The average molecular weight is 374 g/mol. The number of rotatable bonds is 5. The molecule has 1 fully saturated rings. The van der Waals surface area contributed by atoms with Crippen molar-refractivity contribution < 1.29 is 49.6 Å². The van der Waals surface area contributed by atoms with E-state index in [4.69, 9.17) is 14.2 Å². The molecule has 3 rings (SSSR count). The molecule has 26 heavy (non-hydrogen) atoms. The van der Waals surface area contributed by atoms with Gasteiger partial charge in [-0.15, -0.1) is 0 Å². The lowest BCUT2D eigenvalue weighted by Crippen LogP contribution is -2.60. The van der Waals surface area contributed by atoms with Crippen LogP contribution in [-0.4, -0.2) is 86.8 Å². The van der Waals surface area contributed by atoms with Crippen molar-refractivity contribution in [1.29, 1.82) is 0 Å². The van der Waals surface area contributed by atoms with Gasteiger partial charge in [-0.1, -0.05) is 6.08 Å². The van der Waals surface area contributed by atoms with Gasteiger partial charge in [0.05, 0.1) is 31.0 Å². The van der Waals surface area contributed by atoms with E-state index >= 15 is 0 Å². The first-order valence-corrected chi connectivity index (χ1v) is 8.23. The van der Waals surface area contributed by atoms with E-state index in [9.17, 15) is 35.4 Å². The topological polar surface area (TPSA) is 166 Å². The van der Waals surface area contributed by atoms with Gasteiger partial charge >= 0.3 is 5.97 Å². The summed E-state index contributed by atoms with van der Waals surface area (Å²) in [7, 11) is 0. The standard InChI is InChI=1S/C16H22O10/c17-3-6-1-2-7-8(14(22)23)5-24-15(10(6)7)26-16-13(21)12(20)11(19)9(4-18)25-16/h1,5,7,9-13,15-21H,2-4H2,(H,22,23)/t7-,9+,10+,11+,12-,13+,15+,16+/m0/s1. The van der Waals surface area contributed by atoms with Crippen molar-refractivity contribution in [2.45, 2.75) is 43.4 Å². The summed E-state index contributed by atoms with van der Waals surface area (Å²) in [6.45, 7) is -0.917. The van der Waals surface area contributed by atoms with Crippen LogP contribution in [0.1, 0.15) is 6.42 Å². The van der Waals surface area contributed by atoms with Crippen LogP contribution in [0.25, 0.3) is 0 Å². The quantitative estimate of drug-likeness (QED) is 0.288. The van der Waals surface area contributed by atoms with Gasteiger partial charge in [-0.2, -0.15) is 0 Å². The molecule has 0 bridgehead atoms. The molecule has 1 aliphatic carbocycles. The van der Waals surface area contributed by atoms with Gasteiger partial charge in [-0.05, 0) is 12.0 Å². The molecular formula is C16H22O10. The number of aliphatic hydroxyl groups excluding tert-OH is 5. The van der Waals surface area contributed by atoms with E-state index in [2.05, 4.69) is 0 Å². The highest BCUT2D eigenvalue weighted by Gasteiger charge is 2.49. The first-order chi connectivity index (χ1) is 12.4. The molecule has 6 N–H and O–H groups in total. The van der Waals surface area contributed by atoms with Gasteiger partial charge in [0.25, 0.3) is 0 Å². The number of aliphatic hydroxyl groups is 5. The third-order valence-electron chi connectivity index (χ3n) is 5.06. The third kappa shape index (κ3) is 3.25. The molecule has 3 aliphatic rings. The molecule has 2 aliphatic heterocycles. The van der Waals surface area contributed by atoms with Crippen LogP contribution < -0.4 is 0 Å². The van der Waals surface area contributed by atoms with Crippen LogP contribution in [0, 0.1) is 11.8 Å². The first kappa shape index (κ1) is 19.2. The minimum atomic E-state index is -1.61. The molecule has 0 radical (unpaired) electrons. The predicted octanol–water partition coefficient (Wildman–Crippen LogP) is -2.32. The second kappa shape index (κ2) is 7.61. The maximum absolute atomic E-state index is 11.4. The van der Waals surface area contributed by atoms with Crippen LogP contribution in [0.4, 0.5) is 0 Å². The molecule has 1 saturated heterocycles. The largest absolute Gasteiger partial charge is 0.478 e. The number of fused-ring (bicyclic) bond motifs is 1. The molecule has 0 aromatic rings. The van der Waals surface area contributed by atoms with Gasteiger partial charge < -0.3 is 44.8 Å². The van der Waals surface area contributed by atoms with E-state index in [0.717, 1.165) is 6.26 Å².